The monoisotopic (exact) mass is 489 g/mol. The maximum atomic E-state index is 13.1. The maximum absolute atomic E-state index is 13.1. The Labute approximate surface area is 190 Å². The number of amides is 1. The summed E-state index contributed by atoms with van der Waals surface area (Å²) in [5.41, 5.74) is -2.13. The lowest BCUT2D eigenvalue weighted by molar-refractivity contribution is -0.138. The zero-order valence-electron chi connectivity index (χ0n) is 18.0. The first-order valence-electron chi connectivity index (χ1n) is 10.5. The maximum Gasteiger partial charge on any atom is 0.456 e. The van der Waals surface area contributed by atoms with E-state index in [1.807, 2.05) is 11.9 Å². The van der Waals surface area contributed by atoms with Crippen molar-refractivity contribution in [2.45, 2.75) is 37.3 Å². The molecule has 0 saturated carbocycles. The number of phenolic OH excluding ortho intramolecular Hbond substituents is 1. The van der Waals surface area contributed by atoms with E-state index in [2.05, 4.69) is 0 Å². The zero-order valence-corrected chi connectivity index (χ0v) is 18.0. The van der Waals surface area contributed by atoms with E-state index in [-0.39, 0.29) is 25.2 Å². The van der Waals surface area contributed by atoms with Crippen molar-refractivity contribution in [3.63, 3.8) is 0 Å². The standard InChI is InChI=1S/C22H21F6N3O3/c1-29-10-11-31-15(18(33)22(26,27)28)3-5-17(31)20(29)6-8-30(9-7-20)19(34)13-2-4-16(32)14(12-13)21(23,24)25/h2-5,12,32H,6-11H2,1H3. The van der Waals surface area contributed by atoms with E-state index in [1.165, 1.54) is 21.6 Å². The Morgan fingerprint density at radius 2 is 1.59 bits per heavy atom. The first-order chi connectivity index (χ1) is 15.8. The summed E-state index contributed by atoms with van der Waals surface area (Å²) in [6.07, 6.45) is -9.18. The molecule has 0 aliphatic carbocycles. The molecule has 0 radical (unpaired) electrons. The second-order valence-corrected chi connectivity index (χ2v) is 8.56. The Kier molecular flexibility index (Phi) is 5.70. The van der Waals surface area contributed by atoms with Crippen LogP contribution in [0, 0.1) is 0 Å². The highest BCUT2D eigenvalue weighted by Gasteiger charge is 2.48. The van der Waals surface area contributed by atoms with Gasteiger partial charge in [0.2, 0.25) is 0 Å². The number of halogens is 6. The smallest absolute Gasteiger partial charge is 0.456 e. The minimum Gasteiger partial charge on any atom is -0.507 e. The molecule has 1 N–H and O–H groups in total. The summed E-state index contributed by atoms with van der Waals surface area (Å²) in [6, 6.07) is 5.21. The molecule has 3 heterocycles. The molecule has 0 atom stereocenters. The Hall–Kier alpha value is -3.02. The fraction of sp³-hybridized carbons (Fsp3) is 0.455. The lowest BCUT2D eigenvalue weighted by Crippen LogP contribution is -2.56. The van der Waals surface area contributed by atoms with Gasteiger partial charge < -0.3 is 14.6 Å². The van der Waals surface area contributed by atoms with E-state index in [0.29, 0.717) is 31.1 Å². The molecule has 6 nitrogen and oxygen atoms in total. The number of hydrogen-bond donors (Lipinski definition) is 1. The normalized spacial score (nSPS) is 18.7. The average Bonchev–Trinajstić information content (AvgIpc) is 3.20. The van der Waals surface area contributed by atoms with Gasteiger partial charge in [-0.2, -0.15) is 26.3 Å². The molecule has 184 valence electrons. The molecule has 1 amide bonds. The molecule has 0 bridgehead atoms. The van der Waals surface area contributed by atoms with Gasteiger partial charge in [-0.05, 0) is 50.2 Å². The number of carbonyl (C=O) groups is 2. The highest BCUT2D eigenvalue weighted by atomic mass is 19.4. The molecule has 1 aromatic heterocycles. The Balaban J connectivity index is 1.58. The number of aromatic hydroxyl groups is 1. The van der Waals surface area contributed by atoms with Crippen LogP contribution in [0.4, 0.5) is 26.3 Å². The van der Waals surface area contributed by atoms with Crippen LogP contribution in [0.5, 0.6) is 5.75 Å². The molecule has 1 aromatic carbocycles. The third-order valence-corrected chi connectivity index (χ3v) is 6.76. The fourth-order valence-corrected chi connectivity index (χ4v) is 4.91. The SMILES string of the molecule is CN1CCn2c(C(=O)C(F)(F)F)ccc2C12CCN(C(=O)c1ccc(O)c(C(F)(F)F)c1)CC2. The first-order valence-corrected chi connectivity index (χ1v) is 10.5. The second kappa shape index (κ2) is 8.03. The third kappa shape index (κ3) is 3.93. The number of aromatic nitrogens is 1. The van der Waals surface area contributed by atoms with Crippen LogP contribution >= 0.6 is 0 Å². The summed E-state index contributed by atoms with van der Waals surface area (Å²) in [5, 5.41) is 9.50. The van der Waals surface area contributed by atoms with Crippen LogP contribution in [0.3, 0.4) is 0 Å². The summed E-state index contributed by atoms with van der Waals surface area (Å²) in [4.78, 5) is 28.1. The minimum absolute atomic E-state index is 0.152. The molecule has 12 heteroatoms. The van der Waals surface area contributed by atoms with Gasteiger partial charge >= 0.3 is 12.4 Å². The van der Waals surface area contributed by atoms with Gasteiger partial charge in [0, 0.05) is 37.4 Å². The largest absolute Gasteiger partial charge is 0.507 e. The van der Waals surface area contributed by atoms with Crippen molar-refractivity contribution >= 4 is 11.7 Å². The van der Waals surface area contributed by atoms with Gasteiger partial charge in [-0.1, -0.05) is 0 Å². The number of nitrogens with zero attached hydrogens (tertiary/aromatic N) is 3. The quantitative estimate of drug-likeness (QED) is 0.511. The van der Waals surface area contributed by atoms with Crippen molar-refractivity contribution in [2.75, 3.05) is 26.7 Å². The summed E-state index contributed by atoms with van der Waals surface area (Å²) in [6.45, 7) is 0.896. The van der Waals surface area contributed by atoms with Crippen LogP contribution in [-0.4, -0.2) is 64.0 Å². The molecular weight excluding hydrogens is 468 g/mol. The third-order valence-electron chi connectivity index (χ3n) is 6.76. The number of hydrogen-bond acceptors (Lipinski definition) is 4. The van der Waals surface area contributed by atoms with E-state index in [1.54, 1.807) is 0 Å². The Morgan fingerprint density at radius 1 is 0.941 bits per heavy atom. The van der Waals surface area contributed by atoms with Crippen LogP contribution in [0.2, 0.25) is 0 Å². The second-order valence-electron chi connectivity index (χ2n) is 8.56. The fourth-order valence-electron chi connectivity index (χ4n) is 4.91. The molecule has 1 spiro atoms. The van der Waals surface area contributed by atoms with Crippen molar-refractivity contribution in [1.29, 1.82) is 0 Å². The number of Topliss-reactive ketones (excluding diaryl/α,β-unsaturated/α-hetero) is 1. The van der Waals surface area contributed by atoms with Crippen LogP contribution < -0.4 is 0 Å². The van der Waals surface area contributed by atoms with Gasteiger partial charge in [-0.25, -0.2) is 0 Å². The van der Waals surface area contributed by atoms with Crippen molar-refractivity contribution in [3.8, 4) is 5.75 Å². The number of likely N-dealkylation sites (N-methyl/N-ethyl adjacent to an activating group) is 1. The summed E-state index contributed by atoms with van der Waals surface area (Å²) in [7, 11) is 1.81. The predicted octanol–water partition coefficient (Wildman–Crippen LogP) is 4.03. The van der Waals surface area contributed by atoms with Crippen LogP contribution in [0.15, 0.2) is 30.3 Å². The van der Waals surface area contributed by atoms with E-state index in [4.69, 9.17) is 0 Å². The van der Waals surface area contributed by atoms with E-state index in [0.717, 1.165) is 12.1 Å². The van der Waals surface area contributed by atoms with Crippen molar-refractivity contribution in [3.05, 3.63) is 52.8 Å². The summed E-state index contributed by atoms with van der Waals surface area (Å²) >= 11 is 0. The zero-order chi connectivity index (χ0) is 25.1. The van der Waals surface area contributed by atoms with E-state index >= 15 is 0 Å². The Morgan fingerprint density at radius 3 is 2.18 bits per heavy atom. The molecule has 0 unspecified atom stereocenters. The highest BCUT2D eigenvalue weighted by molar-refractivity contribution is 5.99. The number of benzene rings is 1. The van der Waals surface area contributed by atoms with Crippen LogP contribution in [0.1, 0.15) is 44.9 Å². The number of piperidine rings is 1. The average molecular weight is 489 g/mol. The number of alkyl halides is 6. The predicted molar refractivity (Wildman–Crippen MR) is 107 cm³/mol. The molecule has 4 rings (SSSR count). The minimum atomic E-state index is -5.00. The number of rotatable bonds is 2. The topological polar surface area (TPSA) is 65.8 Å². The highest BCUT2D eigenvalue weighted by Crippen LogP contribution is 2.42. The molecule has 1 saturated heterocycles. The molecule has 2 aromatic rings. The van der Waals surface area contributed by atoms with Gasteiger partial charge in [0.05, 0.1) is 16.8 Å². The van der Waals surface area contributed by atoms with Gasteiger partial charge in [-0.15, -0.1) is 0 Å². The number of fused-ring (bicyclic) bond motifs is 2. The molecule has 2 aliphatic rings. The molecule has 34 heavy (non-hydrogen) atoms. The van der Waals surface area contributed by atoms with E-state index in [9.17, 15) is 41.0 Å². The van der Waals surface area contributed by atoms with Gasteiger partial charge in [0.15, 0.2) is 0 Å². The lowest BCUT2D eigenvalue weighted by Gasteiger charge is -2.50. The van der Waals surface area contributed by atoms with Crippen LogP contribution in [0.25, 0.3) is 0 Å². The van der Waals surface area contributed by atoms with E-state index < -0.39 is 46.6 Å². The summed E-state index contributed by atoms with van der Waals surface area (Å²) < 4.78 is 79.7. The lowest BCUT2D eigenvalue weighted by atomic mass is 9.81. The summed E-state index contributed by atoms with van der Waals surface area (Å²) in [5.74, 6) is -3.53. The van der Waals surface area contributed by atoms with Gasteiger partial charge in [0.25, 0.3) is 11.7 Å². The van der Waals surface area contributed by atoms with Crippen molar-refractivity contribution in [2.24, 2.45) is 0 Å². The number of ketones is 1. The van der Waals surface area contributed by atoms with Gasteiger partial charge in [-0.3, -0.25) is 14.5 Å². The Bertz CT molecular complexity index is 1130. The number of phenols is 1. The molecular formula is C22H21F6N3O3. The molecule has 2 aliphatic heterocycles. The number of carbonyl (C=O) groups excluding carboxylic acids is 2. The van der Waals surface area contributed by atoms with Crippen molar-refractivity contribution < 1.29 is 41.0 Å². The number of likely N-dealkylation sites (tertiary alicyclic amines) is 1. The molecule has 1 fully saturated rings. The first kappa shape index (κ1) is 24.1. The van der Waals surface area contributed by atoms with Crippen molar-refractivity contribution in [1.82, 2.24) is 14.4 Å². The van der Waals surface area contributed by atoms with Gasteiger partial charge in [0.1, 0.15) is 5.75 Å². The van der Waals surface area contributed by atoms with Crippen LogP contribution in [-0.2, 0) is 18.3 Å².